The van der Waals surface area contributed by atoms with Gasteiger partial charge in [0.2, 0.25) is 15.9 Å². The van der Waals surface area contributed by atoms with Gasteiger partial charge in [0.1, 0.15) is 0 Å². The Morgan fingerprint density at radius 3 is 2.44 bits per heavy atom. The van der Waals surface area contributed by atoms with Gasteiger partial charge in [0, 0.05) is 37.4 Å². The van der Waals surface area contributed by atoms with E-state index in [2.05, 4.69) is 4.72 Å². The molecule has 9 nitrogen and oxygen atoms in total. The first-order valence-electron chi connectivity index (χ1n) is 15.1. The van der Waals surface area contributed by atoms with E-state index in [1.807, 2.05) is 40.8 Å². The molecule has 1 saturated heterocycles. The maximum absolute atomic E-state index is 13.5. The largest absolute Gasteiger partial charge is 0.481 e. The summed E-state index contributed by atoms with van der Waals surface area (Å²) in [5, 5.41) is 10.2. The second kappa shape index (κ2) is 12.2. The van der Waals surface area contributed by atoms with E-state index in [4.69, 9.17) is 21.4 Å². The molecule has 230 valence electrons. The van der Waals surface area contributed by atoms with Crippen LogP contribution in [0.3, 0.4) is 0 Å². The Balaban J connectivity index is 1.13. The third-order valence-electron chi connectivity index (χ3n) is 9.29. The summed E-state index contributed by atoms with van der Waals surface area (Å²) in [6.07, 6.45) is 5.43. The predicted octanol–water partition coefficient (Wildman–Crippen LogP) is 4.99. The number of fused-ring (bicyclic) bond motifs is 1. The Morgan fingerprint density at radius 2 is 1.77 bits per heavy atom. The average molecular weight is 628 g/mol. The molecule has 1 unspecified atom stereocenters. The van der Waals surface area contributed by atoms with Crippen LogP contribution in [-0.2, 0) is 37.8 Å². The number of aromatic nitrogens is 1. The molecular weight excluding hydrogens is 590 g/mol. The number of aliphatic carboxylic acids is 1. The molecule has 3 fully saturated rings. The lowest BCUT2D eigenvalue weighted by atomic mass is 9.85. The summed E-state index contributed by atoms with van der Waals surface area (Å²) in [4.78, 5) is 26.5. The number of hydrogen-bond acceptors (Lipinski definition) is 5. The van der Waals surface area contributed by atoms with Gasteiger partial charge in [0.15, 0.2) is 0 Å². The summed E-state index contributed by atoms with van der Waals surface area (Å²) in [7, 11) is -1.94. The van der Waals surface area contributed by atoms with Crippen molar-refractivity contribution in [3.05, 3.63) is 53.1 Å². The smallest absolute Gasteiger partial charge is 0.303 e. The number of morpholine rings is 1. The molecule has 11 heteroatoms. The van der Waals surface area contributed by atoms with Crippen LogP contribution < -0.4 is 4.72 Å². The zero-order valence-electron chi connectivity index (χ0n) is 24.3. The molecule has 0 bridgehead atoms. The van der Waals surface area contributed by atoms with Crippen LogP contribution in [-0.4, -0.2) is 66.7 Å². The third-order valence-corrected chi connectivity index (χ3v) is 11.2. The fourth-order valence-corrected chi connectivity index (χ4v) is 8.41. The van der Waals surface area contributed by atoms with Crippen LogP contribution in [0.15, 0.2) is 47.4 Å². The van der Waals surface area contributed by atoms with E-state index >= 15 is 0 Å². The minimum atomic E-state index is -3.79. The molecule has 2 saturated carbocycles. The molecule has 0 radical (unpaired) electrons. The Morgan fingerprint density at radius 1 is 1.05 bits per heavy atom. The SMILES string of the molecule is Cn1c(-c2ccc(CCC(=O)O)cc2)c(Cl)c2ccc(S(=O)(=O)N[C@H]3CC[C@H](C(=O)N4CCOCC4C4CC4)CC3)cc21. The minimum Gasteiger partial charge on any atom is -0.481 e. The van der Waals surface area contributed by atoms with Gasteiger partial charge in [-0.15, -0.1) is 0 Å². The maximum Gasteiger partial charge on any atom is 0.303 e. The molecule has 2 heterocycles. The number of carboxylic acid groups (broad SMARTS) is 1. The van der Waals surface area contributed by atoms with Gasteiger partial charge in [-0.3, -0.25) is 9.59 Å². The van der Waals surface area contributed by atoms with Crippen molar-refractivity contribution in [2.45, 2.75) is 68.3 Å². The van der Waals surface area contributed by atoms with Gasteiger partial charge in [0.05, 0.1) is 40.4 Å². The van der Waals surface area contributed by atoms with Crippen molar-refractivity contribution in [1.82, 2.24) is 14.2 Å². The number of aryl methyl sites for hydroxylation is 2. The second-order valence-electron chi connectivity index (χ2n) is 12.2. The molecule has 3 aliphatic rings. The van der Waals surface area contributed by atoms with Crippen molar-refractivity contribution in [3.63, 3.8) is 0 Å². The van der Waals surface area contributed by atoms with E-state index in [0.717, 1.165) is 35.0 Å². The topological polar surface area (TPSA) is 118 Å². The number of hydrogen-bond donors (Lipinski definition) is 2. The summed E-state index contributed by atoms with van der Waals surface area (Å²) >= 11 is 6.79. The van der Waals surface area contributed by atoms with E-state index in [0.29, 0.717) is 68.3 Å². The van der Waals surface area contributed by atoms with E-state index < -0.39 is 16.0 Å². The number of carboxylic acids is 1. The molecule has 3 aromatic rings. The van der Waals surface area contributed by atoms with E-state index in [9.17, 15) is 18.0 Å². The first-order valence-corrected chi connectivity index (χ1v) is 17.0. The van der Waals surface area contributed by atoms with Crippen LogP contribution in [0.2, 0.25) is 5.02 Å². The van der Waals surface area contributed by atoms with Gasteiger partial charge in [0.25, 0.3) is 0 Å². The number of carbonyl (C=O) groups is 2. The molecule has 1 atom stereocenters. The van der Waals surface area contributed by atoms with Crippen molar-refractivity contribution < 1.29 is 27.9 Å². The summed E-state index contributed by atoms with van der Waals surface area (Å²) in [6, 6.07) is 12.5. The first-order chi connectivity index (χ1) is 20.6. The minimum absolute atomic E-state index is 0.0633. The number of rotatable bonds is 9. The number of nitrogens with one attached hydrogen (secondary N) is 1. The van der Waals surface area contributed by atoms with Gasteiger partial charge in [-0.05, 0) is 80.2 Å². The highest BCUT2D eigenvalue weighted by Gasteiger charge is 2.41. The molecule has 1 aliphatic heterocycles. The molecule has 2 aromatic carbocycles. The second-order valence-corrected chi connectivity index (χ2v) is 14.3. The van der Waals surface area contributed by atoms with Crippen LogP contribution >= 0.6 is 11.6 Å². The molecule has 43 heavy (non-hydrogen) atoms. The fraction of sp³-hybridized carbons (Fsp3) is 0.500. The van der Waals surface area contributed by atoms with Crippen LogP contribution in [0.5, 0.6) is 0 Å². The highest BCUT2D eigenvalue weighted by atomic mass is 35.5. The Hall–Kier alpha value is -2.92. The lowest BCUT2D eigenvalue weighted by Crippen LogP contribution is -2.52. The van der Waals surface area contributed by atoms with Crippen LogP contribution in [0.4, 0.5) is 0 Å². The van der Waals surface area contributed by atoms with Crippen LogP contribution in [0, 0.1) is 11.8 Å². The predicted molar refractivity (Wildman–Crippen MR) is 164 cm³/mol. The maximum atomic E-state index is 13.5. The van der Waals surface area contributed by atoms with E-state index in [-0.39, 0.29) is 35.2 Å². The van der Waals surface area contributed by atoms with Gasteiger partial charge >= 0.3 is 5.97 Å². The highest BCUT2D eigenvalue weighted by Crippen LogP contribution is 2.39. The standard InChI is InChI=1S/C32H38ClN3O6S/c1-35-27-18-25(13-14-26(27)30(33)31(35)22-5-2-20(3-6-22)4-15-29(37)38)43(40,41)34-24-11-9-23(10-12-24)32(39)36-16-17-42-19-28(36)21-7-8-21/h2-3,5-6,13-14,18,21,23-24,28,34H,4,7-12,15-17,19H2,1H3,(H,37,38)/t23-,24-,28?. The van der Waals surface area contributed by atoms with Crippen molar-refractivity contribution >= 4 is 44.4 Å². The summed E-state index contributed by atoms with van der Waals surface area (Å²) in [5.41, 5.74) is 3.23. The van der Waals surface area contributed by atoms with E-state index in [1.54, 1.807) is 18.2 Å². The number of ether oxygens (including phenoxy) is 1. The zero-order chi connectivity index (χ0) is 30.3. The van der Waals surface area contributed by atoms with Gasteiger partial charge in [-0.1, -0.05) is 35.9 Å². The van der Waals surface area contributed by atoms with Crippen molar-refractivity contribution in [2.75, 3.05) is 19.8 Å². The Labute approximate surface area is 257 Å². The van der Waals surface area contributed by atoms with Crippen molar-refractivity contribution in [3.8, 4) is 11.3 Å². The van der Waals surface area contributed by atoms with Crippen molar-refractivity contribution in [1.29, 1.82) is 0 Å². The molecular formula is C32H38ClN3O6S. The molecule has 2 N–H and O–H groups in total. The number of benzene rings is 2. The van der Waals surface area contributed by atoms with E-state index in [1.165, 1.54) is 0 Å². The molecule has 2 aliphatic carbocycles. The molecule has 1 amide bonds. The number of nitrogens with zero attached hydrogens (tertiary/aromatic N) is 2. The van der Waals surface area contributed by atoms with Crippen LogP contribution in [0.1, 0.15) is 50.5 Å². The van der Waals surface area contributed by atoms with Gasteiger partial charge in [-0.25, -0.2) is 13.1 Å². The number of carbonyl (C=O) groups excluding carboxylic acids is 1. The van der Waals surface area contributed by atoms with Gasteiger partial charge in [-0.2, -0.15) is 0 Å². The third kappa shape index (κ3) is 6.34. The van der Waals surface area contributed by atoms with Gasteiger partial charge < -0.3 is 19.3 Å². The molecule has 6 rings (SSSR count). The average Bonchev–Trinajstić information content (AvgIpc) is 3.82. The molecule has 0 spiro atoms. The normalized spacial score (nSPS) is 23.0. The van der Waals surface area contributed by atoms with Crippen molar-refractivity contribution in [2.24, 2.45) is 18.9 Å². The number of sulfonamides is 1. The zero-order valence-corrected chi connectivity index (χ0v) is 25.9. The summed E-state index contributed by atoms with van der Waals surface area (Å²) in [6.45, 7) is 1.87. The lowest BCUT2D eigenvalue weighted by molar-refractivity contribution is -0.146. The quantitative estimate of drug-likeness (QED) is 0.345. The van der Waals surface area contributed by atoms with Crippen LogP contribution in [0.25, 0.3) is 22.2 Å². The number of amides is 1. The summed E-state index contributed by atoms with van der Waals surface area (Å²) in [5.74, 6) is -0.129. The lowest BCUT2D eigenvalue weighted by Gasteiger charge is -2.39. The first kappa shape index (κ1) is 30.1. The fourth-order valence-electron chi connectivity index (χ4n) is 6.69. The Bertz CT molecular complexity index is 1620. The highest BCUT2D eigenvalue weighted by molar-refractivity contribution is 7.89. The molecule has 1 aromatic heterocycles. The Kier molecular flexibility index (Phi) is 8.56. The monoisotopic (exact) mass is 627 g/mol. The summed E-state index contributed by atoms with van der Waals surface area (Å²) < 4.78 is 37.4. The number of halogens is 1.